The molecule has 0 unspecified atom stereocenters. The largest absolute Gasteiger partial charge is 0.393 e. The Morgan fingerprint density at radius 3 is 2.42 bits per heavy atom. The maximum Gasteiger partial charge on any atom is 0.165 e. The Kier molecular flexibility index (Phi) is 4.43. The summed E-state index contributed by atoms with van der Waals surface area (Å²) in [6.45, 7) is 11.0. The molecule has 0 aromatic carbocycles. The van der Waals surface area contributed by atoms with Gasteiger partial charge in [-0.05, 0) is 85.4 Å². The predicted octanol–water partition coefficient (Wildman–Crippen LogP) is 3.98. The number of carbonyl (C=O) groups excluding carboxylic acids is 1. The Morgan fingerprint density at radius 1 is 1.08 bits per heavy atom. The van der Waals surface area contributed by atoms with E-state index in [4.69, 9.17) is 0 Å². The minimum Gasteiger partial charge on any atom is -0.393 e. The normalized spacial score (nSPS) is 54.8. The predicted molar refractivity (Wildman–Crippen MR) is 102 cm³/mol. The fourth-order valence-corrected chi connectivity index (χ4v) is 8.06. The number of ketones is 1. The third kappa shape index (κ3) is 2.35. The van der Waals surface area contributed by atoms with Gasteiger partial charge in [0.15, 0.2) is 5.78 Å². The highest BCUT2D eigenvalue weighted by molar-refractivity contribution is 5.87. The van der Waals surface area contributed by atoms with Crippen LogP contribution in [0.25, 0.3) is 0 Å². The van der Waals surface area contributed by atoms with Gasteiger partial charge in [-0.1, -0.05) is 26.8 Å². The zero-order valence-corrected chi connectivity index (χ0v) is 16.7. The summed E-state index contributed by atoms with van der Waals surface area (Å²) in [5, 5.41) is 21.2. The molecule has 4 saturated carbocycles. The molecule has 4 aliphatic carbocycles. The zero-order chi connectivity index (χ0) is 18.9. The van der Waals surface area contributed by atoms with Crippen LogP contribution in [0.3, 0.4) is 0 Å². The van der Waals surface area contributed by atoms with Gasteiger partial charge in [-0.2, -0.15) is 0 Å². The van der Waals surface area contributed by atoms with Gasteiger partial charge in [-0.15, -0.1) is 6.58 Å². The van der Waals surface area contributed by atoms with Crippen LogP contribution >= 0.6 is 0 Å². The van der Waals surface area contributed by atoms with Crippen LogP contribution < -0.4 is 0 Å². The maximum atomic E-state index is 13.2. The van der Waals surface area contributed by atoms with Crippen molar-refractivity contribution in [1.82, 2.24) is 0 Å². The van der Waals surface area contributed by atoms with Gasteiger partial charge in [0.2, 0.25) is 0 Å². The van der Waals surface area contributed by atoms with Gasteiger partial charge in [0.25, 0.3) is 0 Å². The second kappa shape index (κ2) is 6.17. The summed E-state index contributed by atoms with van der Waals surface area (Å²) in [6.07, 6.45) is 7.81. The molecule has 10 atom stereocenters. The van der Waals surface area contributed by atoms with E-state index in [0.29, 0.717) is 30.1 Å². The molecule has 4 fully saturated rings. The van der Waals surface area contributed by atoms with Crippen molar-refractivity contribution in [3.63, 3.8) is 0 Å². The molecule has 26 heavy (non-hydrogen) atoms. The number of aliphatic hydroxyl groups excluding tert-OH is 2. The van der Waals surface area contributed by atoms with Gasteiger partial charge in [0, 0.05) is 5.92 Å². The highest BCUT2D eigenvalue weighted by Gasteiger charge is 2.65. The number of Topliss-reactive ketones (excluding diaryl/α,β-unsaturated/α-hetero) is 1. The van der Waals surface area contributed by atoms with E-state index in [1.807, 2.05) is 0 Å². The highest BCUT2D eigenvalue weighted by Crippen LogP contribution is 2.67. The van der Waals surface area contributed by atoms with Gasteiger partial charge in [0.1, 0.15) is 6.10 Å². The van der Waals surface area contributed by atoms with Crippen molar-refractivity contribution in [1.29, 1.82) is 0 Å². The number of hydrogen-bond donors (Lipinski definition) is 2. The van der Waals surface area contributed by atoms with Crippen molar-refractivity contribution in [2.45, 2.75) is 77.9 Å². The van der Waals surface area contributed by atoms with Crippen LogP contribution in [0.1, 0.15) is 65.7 Å². The topological polar surface area (TPSA) is 57.5 Å². The zero-order valence-electron chi connectivity index (χ0n) is 16.7. The second-order valence-corrected chi connectivity index (χ2v) is 10.4. The van der Waals surface area contributed by atoms with Crippen molar-refractivity contribution >= 4 is 5.78 Å². The number of carbonyl (C=O) groups is 1. The van der Waals surface area contributed by atoms with Crippen LogP contribution in [-0.2, 0) is 4.79 Å². The molecular weight excluding hydrogens is 324 g/mol. The first kappa shape index (κ1) is 18.7. The lowest BCUT2D eigenvalue weighted by Crippen LogP contribution is -2.62. The van der Waals surface area contributed by atoms with Gasteiger partial charge in [-0.25, -0.2) is 0 Å². The summed E-state index contributed by atoms with van der Waals surface area (Å²) in [7, 11) is 0. The molecule has 3 nitrogen and oxygen atoms in total. The van der Waals surface area contributed by atoms with E-state index in [1.54, 1.807) is 0 Å². The molecule has 4 rings (SSSR count). The van der Waals surface area contributed by atoms with Gasteiger partial charge in [0.05, 0.1) is 6.10 Å². The maximum absolute atomic E-state index is 13.2. The summed E-state index contributed by atoms with van der Waals surface area (Å²) in [4.78, 5) is 13.2. The summed E-state index contributed by atoms with van der Waals surface area (Å²) >= 11 is 0. The monoisotopic (exact) mass is 360 g/mol. The van der Waals surface area contributed by atoms with Gasteiger partial charge in [-0.3, -0.25) is 4.79 Å². The van der Waals surface area contributed by atoms with Crippen LogP contribution in [0.15, 0.2) is 12.7 Å². The molecule has 3 heteroatoms. The Balaban J connectivity index is 1.70. The van der Waals surface area contributed by atoms with E-state index in [0.717, 1.165) is 25.7 Å². The molecule has 146 valence electrons. The quantitative estimate of drug-likeness (QED) is 0.733. The van der Waals surface area contributed by atoms with Crippen molar-refractivity contribution in [3.8, 4) is 0 Å². The minimum absolute atomic E-state index is 0.0250. The average molecular weight is 361 g/mol. The number of aliphatic hydroxyl groups is 2. The number of allylic oxidation sites excluding steroid dienone is 1. The van der Waals surface area contributed by atoms with Crippen molar-refractivity contribution < 1.29 is 15.0 Å². The molecule has 0 aromatic heterocycles. The van der Waals surface area contributed by atoms with E-state index in [-0.39, 0.29) is 34.6 Å². The van der Waals surface area contributed by atoms with Crippen LogP contribution in [0, 0.1) is 46.3 Å². The summed E-state index contributed by atoms with van der Waals surface area (Å²) in [5.41, 5.74) is 0.178. The summed E-state index contributed by atoms with van der Waals surface area (Å²) in [6, 6.07) is 0. The van der Waals surface area contributed by atoms with Crippen LogP contribution in [0.5, 0.6) is 0 Å². The van der Waals surface area contributed by atoms with E-state index in [1.165, 1.54) is 12.8 Å². The average Bonchev–Trinajstić information content (AvgIpc) is 2.97. The molecule has 0 heterocycles. The van der Waals surface area contributed by atoms with Crippen LogP contribution in [-0.4, -0.2) is 28.2 Å². The lowest BCUT2D eigenvalue weighted by atomic mass is 9.43. The first-order valence-corrected chi connectivity index (χ1v) is 10.8. The Hall–Kier alpha value is -0.670. The Bertz CT molecular complexity index is 600. The molecule has 0 aromatic rings. The standard InChI is InChI=1S/C23H36O3/c1-5-13(2)15-6-7-16-19-17(9-11-22(15,16)3)23(4)10-8-14(24)12-18(23)20(25)21(19)26/h5,13-19,21,24,26H,1,6-12H2,2-4H3/t13-,14-,15-,16+,17+,18-,19+,21+,22-,23-/m1/s1. The van der Waals surface area contributed by atoms with Crippen molar-refractivity contribution in [2.75, 3.05) is 0 Å². The fourth-order valence-electron chi connectivity index (χ4n) is 8.06. The fraction of sp³-hybridized carbons (Fsp3) is 0.870. The number of rotatable bonds is 2. The summed E-state index contributed by atoms with van der Waals surface area (Å²) < 4.78 is 0. The molecule has 0 spiro atoms. The number of fused-ring (bicyclic) bond motifs is 5. The molecule has 0 aliphatic heterocycles. The second-order valence-electron chi connectivity index (χ2n) is 10.4. The third-order valence-electron chi connectivity index (χ3n) is 9.58. The Morgan fingerprint density at radius 2 is 1.73 bits per heavy atom. The number of hydrogen-bond acceptors (Lipinski definition) is 3. The van der Waals surface area contributed by atoms with Crippen molar-refractivity contribution in [2.24, 2.45) is 46.3 Å². The third-order valence-corrected chi connectivity index (χ3v) is 9.58. The highest BCUT2D eigenvalue weighted by atomic mass is 16.3. The van der Waals surface area contributed by atoms with E-state index >= 15 is 0 Å². The van der Waals surface area contributed by atoms with E-state index in [9.17, 15) is 15.0 Å². The molecule has 2 N–H and O–H groups in total. The first-order chi connectivity index (χ1) is 12.2. The molecule has 4 aliphatic rings. The van der Waals surface area contributed by atoms with Gasteiger partial charge < -0.3 is 10.2 Å². The van der Waals surface area contributed by atoms with E-state index in [2.05, 4.69) is 33.4 Å². The molecule has 0 radical (unpaired) electrons. The summed E-state index contributed by atoms with van der Waals surface area (Å²) in [5.74, 6) is 1.95. The minimum atomic E-state index is -0.828. The lowest BCUT2D eigenvalue weighted by Gasteiger charge is -2.61. The molecule has 0 saturated heterocycles. The van der Waals surface area contributed by atoms with Crippen LogP contribution in [0.2, 0.25) is 0 Å². The first-order valence-electron chi connectivity index (χ1n) is 10.8. The van der Waals surface area contributed by atoms with Crippen LogP contribution in [0.4, 0.5) is 0 Å². The van der Waals surface area contributed by atoms with E-state index < -0.39 is 6.10 Å². The van der Waals surface area contributed by atoms with Gasteiger partial charge >= 0.3 is 0 Å². The SMILES string of the molecule is C=C[C@@H](C)[C@H]1CC[C@H]2[C@@H]3[C@H](O)C(=O)[C@H]4C[C@H](O)CC[C@]4(C)[C@H]3CC[C@]12C. The Labute approximate surface area is 158 Å². The smallest absolute Gasteiger partial charge is 0.165 e. The molecular formula is C23H36O3. The van der Waals surface area contributed by atoms with Crippen molar-refractivity contribution in [3.05, 3.63) is 12.7 Å². The lowest BCUT2D eigenvalue weighted by molar-refractivity contribution is -0.184. The molecule has 0 bridgehead atoms. The molecule has 0 amide bonds.